The van der Waals surface area contributed by atoms with Crippen LogP contribution in [0.5, 0.6) is 0 Å². The maximum absolute atomic E-state index is 9.33. The van der Waals surface area contributed by atoms with Crippen LogP contribution in [0.1, 0.15) is 6.92 Å². The molecule has 0 aromatic rings. The molecule has 0 saturated heterocycles. The Kier molecular flexibility index (Phi) is 36.7. The molecule has 0 radical (unpaired) electrons. The van der Waals surface area contributed by atoms with Gasteiger partial charge in [-0.15, -0.1) is 0 Å². The zero-order chi connectivity index (χ0) is 5.58. The Labute approximate surface area is 65.6 Å². The molecule has 0 aliphatic carbocycles. The molecule has 0 N–H and O–H groups in total. The summed E-state index contributed by atoms with van der Waals surface area (Å²) in [6, 6.07) is 0. The van der Waals surface area contributed by atoms with E-state index in [0.717, 1.165) is 0 Å². The van der Waals surface area contributed by atoms with Crippen molar-refractivity contribution in [3.63, 3.8) is 0 Å². The molecule has 0 aliphatic heterocycles. The third kappa shape index (κ3) is 2500. The molecule has 0 rings (SSSR count). The van der Waals surface area contributed by atoms with Crippen molar-refractivity contribution in [2.45, 2.75) is 6.92 Å². The molecule has 0 spiro atoms. The molecule has 0 atom stereocenters. The SMILES string of the molecule is C=O.[CH2-]C(C)=O.[Na+]. The molecule has 36 valence electrons. The molecule has 0 fully saturated rings. The minimum atomic E-state index is -0.0833. The quantitative estimate of drug-likeness (QED) is 0.250. The van der Waals surface area contributed by atoms with E-state index < -0.39 is 0 Å². The van der Waals surface area contributed by atoms with Crippen LogP contribution in [0.3, 0.4) is 0 Å². The van der Waals surface area contributed by atoms with Gasteiger partial charge < -0.3 is 16.5 Å². The number of carbonyl (C=O) groups is 2. The maximum atomic E-state index is 9.33. The summed E-state index contributed by atoms with van der Waals surface area (Å²) in [5, 5.41) is 0. The molecule has 0 heterocycles. The summed E-state index contributed by atoms with van der Waals surface area (Å²) in [6.45, 7) is 6.42. The van der Waals surface area contributed by atoms with Crippen molar-refractivity contribution >= 4 is 12.6 Å². The van der Waals surface area contributed by atoms with Crippen LogP contribution in [0, 0.1) is 6.92 Å². The third-order valence-corrected chi connectivity index (χ3v) is 0. The van der Waals surface area contributed by atoms with Gasteiger partial charge in [0.25, 0.3) is 0 Å². The monoisotopic (exact) mass is 110 g/mol. The topological polar surface area (TPSA) is 34.1 Å². The van der Waals surface area contributed by atoms with Gasteiger partial charge in [0.2, 0.25) is 0 Å². The Morgan fingerprint density at radius 2 is 1.57 bits per heavy atom. The largest absolute Gasteiger partial charge is 1.00 e. The molecule has 0 aromatic carbocycles. The van der Waals surface area contributed by atoms with Crippen LogP contribution in [0.2, 0.25) is 0 Å². The summed E-state index contributed by atoms with van der Waals surface area (Å²) in [6.07, 6.45) is 0. The summed E-state index contributed by atoms with van der Waals surface area (Å²) in [7, 11) is 0. The van der Waals surface area contributed by atoms with Gasteiger partial charge in [-0.3, -0.25) is 0 Å². The van der Waals surface area contributed by atoms with Gasteiger partial charge in [-0.1, -0.05) is 0 Å². The molecule has 0 aromatic heterocycles. The van der Waals surface area contributed by atoms with Crippen LogP contribution in [0.15, 0.2) is 0 Å². The van der Waals surface area contributed by atoms with E-state index in [4.69, 9.17) is 4.79 Å². The Morgan fingerprint density at radius 3 is 1.57 bits per heavy atom. The minimum Gasteiger partial charge on any atom is -0.340 e. The smallest absolute Gasteiger partial charge is 0.340 e. The van der Waals surface area contributed by atoms with Gasteiger partial charge in [-0.2, -0.15) is 0 Å². The van der Waals surface area contributed by atoms with Crippen molar-refractivity contribution < 1.29 is 39.1 Å². The summed E-state index contributed by atoms with van der Waals surface area (Å²) >= 11 is 0. The molecule has 0 amide bonds. The third-order valence-electron chi connectivity index (χ3n) is 0. The molecule has 0 aliphatic rings. The standard InChI is InChI=1S/C3H5O.CH2O.Na/c1-3(2)4;1-2;/h1H2,2H3;1H2;/q-1;;+1. The van der Waals surface area contributed by atoms with E-state index in [1.54, 1.807) is 0 Å². The fraction of sp³-hybridized carbons (Fsp3) is 0.250. The fourth-order valence-corrected chi connectivity index (χ4v) is 0. The van der Waals surface area contributed by atoms with Crippen LogP contribution >= 0.6 is 0 Å². The Bertz CT molecular complexity index is 41.0. The number of hydrogen-bond donors (Lipinski definition) is 0. The average Bonchev–Trinajstić information content (AvgIpc) is 1.41. The van der Waals surface area contributed by atoms with Crippen LogP contribution in [-0.2, 0) is 9.59 Å². The molecule has 7 heavy (non-hydrogen) atoms. The number of hydrogen-bond acceptors (Lipinski definition) is 2. The molecule has 2 nitrogen and oxygen atoms in total. The second-order valence-electron chi connectivity index (χ2n) is 0.702. The Hall–Kier alpha value is 0.210. The van der Waals surface area contributed by atoms with Crippen LogP contribution < -0.4 is 29.6 Å². The van der Waals surface area contributed by atoms with Crippen molar-refractivity contribution in [1.29, 1.82) is 0 Å². The molecular formula is C4H7NaO2. The predicted octanol–water partition coefficient (Wildman–Crippen LogP) is -2.77. The van der Waals surface area contributed by atoms with Crippen molar-refractivity contribution in [3.05, 3.63) is 6.92 Å². The first kappa shape index (κ1) is 15.7. The Morgan fingerprint density at radius 1 is 1.57 bits per heavy atom. The first-order valence-corrected chi connectivity index (χ1v) is 1.35. The van der Waals surface area contributed by atoms with Gasteiger partial charge in [0.15, 0.2) is 0 Å². The van der Waals surface area contributed by atoms with Gasteiger partial charge in [-0.05, 0) is 12.7 Å². The second kappa shape index (κ2) is 16.4. The van der Waals surface area contributed by atoms with Crippen LogP contribution in [0.4, 0.5) is 0 Å². The molecule has 0 bridgehead atoms. The normalized spacial score (nSPS) is 4.14. The summed E-state index contributed by atoms with van der Waals surface area (Å²) in [5.74, 6) is -0.0833. The van der Waals surface area contributed by atoms with Crippen LogP contribution in [0.25, 0.3) is 0 Å². The van der Waals surface area contributed by atoms with E-state index in [1.807, 2.05) is 6.79 Å². The van der Waals surface area contributed by atoms with E-state index in [9.17, 15) is 4.79 Å². The fourth-order valence-electron chi connectivity index (χ4n) is 0. The van der Waals surface area contributed by atoms with E-state index in [1.165, 1.54) is 6.92 Å². The minimum absolute atomic E-state index is 0. The maximum Gasteiger partial charge on any atom is 1.00 e. The van der Waals surface area contributed by atoms with Crippen molar-refractivity contribution in [1.82, 2.24) is 0 Å². The van der Waals surface area contributed by atoms with E-state index in [-0.39, 0.29) is 35.3 Å². The zero-order valence-corrected chi connectivity index (χ0v) is 6.73. The summed E-state index contributed by atoms with van der Waals surface area (Å²) in [4.78, 5) is 17.3. The van der Waals surface area contributed by atoms with Gasteiger partial charge in [0.05, 0.1) is 0 Å². The first-order chi connectivity index (χ1) is 2.73. The van der Waals surface area contributed by atoms with Gasteiger partial charge in [-0.25, -0.2) is 0 Å². The van der Waals surface area contributed by atoms with Gasteiger partial charge >= 0.3 is 29.6 Å². The van der Waals surface area contributed by atoms with Crippen LogP contribution in [-0.4, -0.2) is 12.6 Å². The predicted molar refractivity (Wildman–Crippen MR) is 23.2 cm³/mol. The van der Waals surface area contributed by atoms with Crippen molar-refractivity contribution in [3.8, 4) is 0 Å². The number of carbonyl (C=O) groups excluding carboxylic acids is 2. The summed E-state index contributed by atoms with van der Waals surface area (Å²) in [5.41, 5.74) is 0. The zero-order valence-electron chi connectivity index (χ0n) is 4.73. The van der Waals surface area contributed by atoms with Crippen molar-refractivity contribution in [2.24, 2.45) is 0 Å². The molecular weight excluding hydrogens is 103 g/mol. The summed E-state index contributed by atoms with van der Waals surface area (Å²) < 4.78 is 0. The van der Waals surface area contributed by atoms with E-state index in [0.29, 0.717) is 0 Å². The average molecular weight is 110 g/mol. The number of ketones is 1. The first-order valence-electron chi connectivity index (χ1n) is 1.35. The Balaban J connectivity index is -0.0000000480. The molecule has 0 saturated carbocycles. The second-order valence-corrected chi connectivity index (χ2v) is 0.702. The van der Waals surface area contributed by atoms with Crippen molar-refractivity contribution in [2.75, 3.05) is 0 Å². The number of Topliss-reactive ketones (excluding diaryl/α,β-unsaturated/α-hetero) is 1. The number of rotatable bonds is 0. The van der Waals surface area contributed by atoms with Gasteiger partial charge in [0, 0.05) is 0 Å². The van der Waals surface area contributed by atoms with Gasteiger partial charge in [0.1, 0.15) is 6.79 Å². The van der Waals surface area contributed by atoms with E-state index >= 15 is 0 Å². The molecule has 3 heteroatoms. The van der Waals surface area contributed by atoms with E-state index in [2.05, 4.69) is 6.92 Å². The molecule has 0 unspecified atom stereocenters.